The van der Waals surface area contributed by atoms with Crippen LogP contribution in [0.15, 0.2) is 36.9 Å². The Balaban J connectivity index is 1.73. The van der Waals surface area contributed by atoms with Gasteiger partial charge in [0.25, 0.3) is 0 Å². The lowest BCUT2D eigenvalue weighted by molar-refractivity contribution is 0.132. The second-order valence-electron chi connectivity index (χ2n) is 5.80. The number of ether oxygens (including phenoxy) is 1. The molecule has 1 saturated heterocycles. The summed E-state index contributed by atoms with van der Waals surface area (Å²) in [5, 5.41) is 0. The molecule has 0 amide bonds. The molecule has 0 bridgehead atoms. The molecule has 0 aliphatic carbocycles. The Kier molecular flexibility index (Phi) is 5.19. The van der Waals surface area contributed by atoms with Gasteiger partial charge in [0, 0.05) is 44.5 Å². The minimum absolute atomic E-state index is 0.454. The number of methoxy groups -OCH3 is 1. The fourth-order valence-electron chi connectivity index (χ4n) is 3.20. The molecule has 2 aromatic rings. The molecular formula is C17H24N4O. The van der Waals surface area contributed by atoms with Crippen LogP contribution in [0.1, 0.15) is 36.7 Å². The van der Waals surface area contributed by atoms with Crippen molar-refractivity contribution >= 4 is 0 Å². The van der Waals surface area contributed by atoms with Crippen LogP contribution in [-0.4, -0.2) is 39.7 Å². The van der Waals surface area contributed by atoms with E-state index in [-0.39, 0.29) is 0 Å². The van der Waals surface area contributed by atoms with Crippen LogP contribution in [0.4, 0.5) is 0 Å². The van der Waals surface area contributed by atoms with Crippen LogP contribution in [0.3, 0.4) is 0 Å². The third-order valence-corrected chi connectivity index (χ3v) is 4.37. The lowest BCUT2D eigenvalue weighted by atomic mass is 9.96. The molecule has 3 rings (SSSR count). The Bertz CT molecular complexity index is 569. The molecule has 0 aromatic carbocycles. The minimum atomic E-state index is 0.454. The largest absolute Gasteiger partial charge is 0.383 e. The smallest absolute Gasteiger partial charge is 0.122 e. The van der Waals surface area contributed by atoms with Gasteiger partial charge in [0.05, 0.1) is 13.2 Å². The number of imidazole rings is 1. The van der Waals surface area contributed by atoms with Gasteiger partial charge >= 0.3 is 0 Å². The van der Waals surface area contributed by atoms with Crippen molar-refractivity contribution in [2.75, 3.05) is 20.3 Å². The van der Waals surface area contributed by atoms with E-state index in [1.807, 2.05) is 30.9 Å². The Morgan fingerprint density at radius 3 is 3.09 bits per heavy atom. The number of aromatic nitrogens is 3. The highest BCUT2D eigenvalue weighted by Crippen LogP contribution is 2.31. The topological polar surface area (TPSA) is 43.2 Å². The second kappa shape index (κ2) is 7.51. The molecule has 0 unspecified atom stereocenters. The number of piperidine rings is 1. The van der Waals surface area contributed by atoms with Gasteiger partial charge in [0.15, 0.2) is 0 Å². The first-order chi connectivity index (χ1) is 10.9. The van der Waals surface area contributed by atoms with Gasteiger partial charge in [-0.3, -0.25) is 9.88 Å². The van der Waals surface area contributed by atoms with Crippen molar-refractivity contribution in [1.29, 1.82) is 0 Å². The molecular weight excluding hydrogens is 276 g/mol. The van der Waals surface area contributed by atoms with Crippen LogP contribution in [0.25, 0.3) is 0 Å². The number of likely N-dealkylation sites (tertiary alicyclic amines) is 1. The molecule has 5 heteroatoms. The van der Waals surface area contributed by atoms with Crippen molar-refractivity contribution in [2.45, 2.75) is 38.4 Å². The lowest BCUT2D eigenvalue weighted by Crippen LogP contribution is -2.34. The fraction of sp³-hybridized carbons (Fsp3) is 0.529. The SMILES string of the molecule is COCCn1ccnc1CN1CCCC[C@@H]1c1cccnc1. The highest BCUT2D eigenvalue weighted by molar-refractivity contribution is 5.15. The molecule has 0 saturated carbocycles. The molecule has 1 fully saturated rings. The highest BCUT2D eigenvalue weighted by atomic mass is 16.5. The van der Waals surface area contributed by atoms with E-state index >= 15 is 0 Å². The van der Waals surface area contributed by atoms with Crippen LogP contribution >= 0.6 is 0 Å². The molecule has 0 N–H and O–H groups in total. The fourth-order valence-corrected chi connectivity index (χ4v) is 3.20. The molecule has 22 heavy (non-hydrogen) atoms. The predicted molar refractivity (Wildman–Crippen MR) is 85.3 cm³/mol. The summed E-state index contributed by atoms with van der Waals surface area (Å²) in [4.78, 5) is 11.4. The maximum atomic E-state index is 5.18. The normalized spacial score (nSPS) is 19.4. The summed E-state index contributed by atoms with van der Waals surface area (Å²) < 4.78 is 7.37. The zero-order valence-electron chi connectivity index (χ0n) is 13.2. The summed E-state index contributed by atoms with van der Waals surface area (Å²) in [7, 11) is 1.74. The summed E-state index contributed by atoms with van der Waals surface area (Å²) in [5.74, 6) is 1.12. The number of nitrogens with zero attached hydrogens (tertiary/aromatic N) is 4. The van der Waals surface area contributed by atoms with E-state index in [4.69, 9.17) is 4.74 Å². The van der Waals surface area contributed by atoms with E-state index in [1.165, 1.54) is 24.8 Å². The Labute approximate surface area is 131 Å². The predicted octanol–water partition coefficient (Wildman–Crippen LogP) is 2.65. The standard InChI is InChI=1S/C17H24N4O/c1-22-12-11-20-10-8-19-17(20)14-21-9-3-2-6-16(21)15-5-4-7-18-13-15/h4-5,7-8,10,13,16H,2-3,6,9,11-12,14H2,1H3/t16-/m1/s1. The average Bonchev–Trinajstić information content (AvgIpc) is 3.01. The van der Waals surface area contributed by atoms with E-state index in [1.54, 1.807) is 7.11 Å². The van der Waals surface area contributed by atoms with Gasteiger partial charge in [-0.2, -0.15) is 0 Å². The summed E-state index contributed by atoms with van der Waals surface area (Å²) in [6.45, 7) is 3.58. The number of hydrogen-bond donors (Lipinski definition) is 0. The van der Waals surface area contributed by atoms with Gasteiger partial charge in [-0.1, -0.05) is 12.5 Å². The molecule has 3 heterocycles. The van der Waals surface area contributed by atoms with E-state index in [0.717, 1.165) is 32.1 Å². The first-order valence-electron chi connectivity index (χ1n) is 8.01. The molecule has 1 aliphatic rings. The van der Waals surface area contributed by atoms with Crippen molar-refractivity contribution < 1.29 is 4.74 Å². The highest BCUT2D eigenvalue weighted by Gasteiger charge is 2.25. The second-order valence-corrected chi connectivity index (χ2v) is 5.80. The third-order valence-electron chi connectivity index (χ3n) is 4.37. The number of hydrogen-bond acceptors (Lipinski definition) is 4. The first-order valence-corrected chi connectivity index (χ1v) is 8.01. The molecule has 0 radical (unpaired) electrons. The monoisotopic (exact) mass is 300 g/mol. The van der Waals surface area contributed by atoms with E-state index in [2.05, 4.69) is 25.5 Å². The quantitative estimate of drug-likeness (QED) is 0.822. The van der Waals surface area contributed by atoms with Gasteiger partial charge in [-0.25, -0.2) is 4.98 Å². The molecule has 2 aromatic heterocycles. The lowest BCUT2D eigenvalue weighted by Gasteiger charge is -2.35. The van der Waals surface area contributed by atoms with Crippen LogP contribution in [0.2, 0.25) is 0 Å². The zero-order chi connectivity index (χ0) is 15.2. The van der Waals surface area contributed by atoms with Crippen LogP contribution in [-0.2, 0) is 17.8 Å². The van der Waals surface area contributed by atoms with Crippen LogP contribution in [0, 0.1) is 0 Å². The molecule has 0 spiro atoms. The molecule has 1 aliphatic heterocycles. The summed E-state index contributed by atoms with van der Waals surface area (Å²) in [6, 6.07) is 4.67. The number of pyridine rings is 1. The Hall–Kier alpha value is -1.72. The summed E-state index contributed by atoms with van der Waals surface area (Å²) in [6.07, 6.45) is 11.5. The van der Waals surface area contributed by atoms with Crippen molar-refractivity contribution in [3.05, 3.63) is 48.3 Å². The van der Waals surface area contributed by atoms with Gasteiger partial charge in [0.2, 0.25) is 0 Å². The molecule has 118 valence electrons. The summed E-state index contributed by atoms with van der Waals surface area (Å²) in [5.41, 5.74) is 1.32. The molecule has 5 nitrogen and oxygen atoms in total. The molecule has 1 atom stereocenters. The van der Waals surface area contributed by atoms with Gasteiger partial charge in [-0.05, 0) is 31.0 Å². The third kappa shape index (κ3) is 3.54. The average molecular weight is 300 g/mol. The van der Waals surface area contributed by atoms with Gasteiger partial charge in [0.1, 0.15) is 5.82 Å². The van der Waals surface area contributed by atoms with Crippen molar-refractivity contribution in [1.82, 2.24) is 19.4 Å². The van der Waals surface area contributed by atoms with E-state index < -0.39 is 0 Å². The maximum Gasteiger partial charge on any atom is 0.122 e. The van der Waals surface area contributed by atoms with Gasteiger partial charge in [-0.15, -0.1) is 0 Å². The first kappa shape index (κ1) is 15.2. The zero-order valence-corrected chi connectivity index (χ0v) is 13.2. The maximum absolute atomic E-state index is 5.18. The minimum Gasteiger partial charge on any atom is -0.383 e. The van der Waals surface area contributed by atoms with Crippen molar-refractivity contribution in [3.8, 4) is 0 Å². The number of rotatable bonds is 6. The van der Waals surface area contributed by atoms with E-state index in [0.29, 0.717) is 6.04 Å². The van der Waals surface area contributed by atoms with Gasteiger partial charge < -0.3 is 9.30 Å². The van der Waals surface area contributed by atoms with Crippen molar-refractivity contribution in [2.24, 2.45) is 0 Å². The van der Waals surface area contributed by atoms with Crippen LogP contribution in [0.5, 0.6) is 0 Å². The van der Waals surface area contributed by atoms with E-state index in [9.17, 15) is 0 Å². The Morgan fingerprint density at radius 1 is 1.32 bits per heavy atom. The van der Waals surface area contributed by atoms with Crippen molar-refractivity contribution in [3.63, 3.8) is 0 Å². The Morgan fingerprint density at radius 2 is 2.27 bits per heavy atom. The van der Waals surface area contributed by atoms with Crippen LogP contribution < -0.4 is 0 Å². The summed E-state index contributed by atoms with van der Waals surface area (Å²) >= 11 is 0.